The van der Waals surface area contributed by atoms with Crippen LogP contribution < -0.4 is 10.3 Å². The third kappa shape index (κ3) is 2.78. The Morgan fingerprint density at radius 2 is 2.33 bits per heavy atom. The number of halogens is 1. The van der Waals surface area contributed by atoms with Crippen LogP contribution in [0.2, 0.25) is 0 Å². The van der Waals surface area contributed by atoms with Crippen molar-refractivity contribution in [2.24, 2.45) is 0 Å². The molecule has 110 valence electrons. The molecule has 0 spiro atoms. The molecule has 2 aromatic rings. The van der Waals surface area contributed by atoms with Crippen LogP contribution in [0.5, 0.6) is 5.75 Å². The van der Waals surface area contributed by atoms with E-state index in [4.69, 9.17) is 4.74 Å². The summed E-state index contributed by atoms with van der Waals surface area (Å²) in [4.78, 5) is 22.7. The molecule has 1 N–H and O–H groups in total. The monoisotopic (exact) mass is 307 g/mol. The van der Waals surface area contributed by atoms with Crippen LogP contribution in [0.15, 0.2) is 22.2 Å². The molecule has 2 heterocycles. The minimum Gasteiger partial charge on any atom is -0.496 e. The van der Waals surface area contributed by atoms with Crippen molar-refractivity contribution in [3.05, 3.63) is 45.4 Å². The van der Waals surface area contributed by atoms with Crippen LogP contribution in [0.3, 0.4) is 0 Å². The zero-order valence-corrected chi connectivity index (χ0v) is 12.3. The Hall–Kier alpha value is -1.89. The van der Waals surface area contributed by atoms with E-state index in [1.165, 1.54) is 25.1 Å². The number of aromatic nitrogens is 3. The second kappa shape index (κ2) is 5.85. The van der Waals surface area contributed by atoms with E-state index < -0.39 is 5.95 Å². The molecule has 2 aromatic heterocycles. The molecule has 0 aromatic carbocycles. The molecule has 0 unspecified atom stereocenters. The topological polar surface area (TPSA) is 67.9 Å². The summed E-state index contributed by atoms with van der Waals surface area (Å²) in [5.41, 5.74) is 1.93. The highest BCUT2D eigenvalue weighted by Gasteiger charge is 2.18. The lowest BCUT2D eigenvalue weighted by molar-refractivity contribution is 0.404. The lowest BCUT2D eigenvalue weighted by Gasteiger charge is -2.08. The van der Waals surface area contributed by atoms with Gasteiger partial charge in [-0.1, -0.05) is 11.8 Å². The van der Waals surface area contributed by atoms with Crippen molar-refractivity contribution in [1.82, 2.24) is 15.0 Å². The van der Waals surface area contributed by atoms with Crippen molar-refractivity contribution in [1.29, 1.82) is 0 Å². The van der Waals surface area contributed by atoms with Gasteiger partial charge in [0, 0.05) is 17.5 Å². The largest absolute Gasteiger partial charge is 0.496 e. The Kier molecular flexibility index (Phi) is 3.92. The average Bonchev–Trinajstić information content (AvgIpc) is 2.94. The number of fused-ring (bicyclic) bond motifs is 1. The normalized spacial score (nSPS) is 13.2. The number of aromatic amines is 1. The van der Waals surface area contributed by atoms with Crippen molar-refractivity contribution >= 4 is 11.8 Å². The average molecular weight is 307 g/mol. The van der Waals surface area contributed by atoms with Crippen molar-refractivity contribution in [3.8, 4) is 5.75 Å². The Labute approximate surface area is 125 Å². The molecule has 3 rings (SSSR count). The molecular formula is C14H14FN3O2S. The standard InChI is InChI=1S/C14H14FN3O2S/c1-20-11-5-6-16-12(15)9(11)7-21-14-17-10-4-2-3-8(10)13(19)18-14/h5-6H,2-4,7H2,1H3,(H,17,18,19). The Morgan fingerprint density at radius 3 is 3.14 bits per heavy atom. The summed E-state index contributed by atoms with van der Waals surface area (Å²) < 4.78 is 18.9. The molecule has 0 saturated heterocycles. The molecule has 1 aliphatic carbocycles. The number of nitrogens with zero attached hydrogens (tertiary/aromatic N) is 2. The van der Waals surface area contributed by atoms with E-state index in [-0.39, 0.29) is 5.56 Å². The predicted octanol–water partition coefficient (Wildman–Crippen LogP) is 2.09. The third-order valence-corrected chi connectivity index (χ3v) is 4.35. The second-order valence-electron chi connectivity index (χ2n) is 4.72. The number of pyridine rings is 1. The minimum absolute atomic E-state index is 0.0846. The number of aryl methyl sites for hydroxylation is 1. The maximum absolute atomic E-state index is 13.7. The van der Waals surface area contributed by atoms with Gasteiger partial charge in [0.15, 0.2) is 5.16 Å². The van der Waals surface area contributed by atoms with E-state index in [0.29, 0.717) is 22.2 Å². The summed E-state index contributed by atoms with van der Waals surface area (Å²) in [6, 6.07) is 1.61. The Bertz CT molecular complexity index is 733. The fourth-order valence-electron chi connectivity index (χ4n) is 2.40. The van der Waals surface area contributed by atoms with Crippen molar-refractivity contribution < 1.29 is 9.13 Å². The number of rotatable bonds is 4. The SMILES string of the molecule is COc1ccnc(F)c1CSc1nc2c(c(=O)[nH]1)CCC2. The molecule has 0 atom stereocenters. The van der Waals surface area contributed by atoms with Gasteiger partial charge in [-0.2, -0.15) is 4.39 Å². The summed E-state index contributed by atoms with van der Waals surface area (Å²) in [5.74, 6) is 0.175. The fraction of sp³-hybridized carbons (Fsp3) is 0.357. The van der Waals surface area contributed by atoms with Crippen LogP contribution in [0.25, 0.3) is 0 Å². The lowest BCUT2D eigenvalue weighted by Crippen LogP contribution is -2.15. The molecule has 1 aliphatic rings. The first-order valence-corrected chi connectivity index (χ1v) is 7.60. The van der Waals surface area contributed by atoms with Gasteiger partial charge in [0.1, 0.15) is 5.75 Å². The van der Waals surface area contributed by atoms with E-state index in [0.717, 1.165) is 30.5 Å². The molecule has 0 fully saturated rings. The van der Waals surface area contributed by atoms with Crippen LogP contribution in [-0.4, -0.2) is 22.1 Å². The first-order chi connectivity index (χ1) is 10.2. The number of H-pyrrole nitrogens is 1. The molecule has 5 nitrogen and oxygen atoms in total. The molecular weight excluding hydrogens is 293 g/mol. The molecule has 0 aliphatic heterocycles. The maximum atomic E-state index is 13.7. The quantitative estimate of drug-likeness (QED) is 0.532. The van der Waals surface area contributed by atoms with Gasteiger partial charge in [0.05, 0.1) is 18.4 Å². The van der Waals surface area contributed by atoms with E-state index in [2.05, 4.69) is 15.0 Å². The van der Waals surface area contributed by atoms with E-state index in [9.17, 15) is 9.18 Å². The molecule has 0 radical (unpaired) electrons. The van der Waals surface area contributed by atoms with Crippen molar-refractivity contribution in [2.45, 2.75) is 30.2 Å². The summed E-state index contributed by atoms with van der Waals surface area (Å²) in [6.45, 7) is 0. The molecule has 7 heteroatoms. The highest BCUT2D eigenvalue weighted by atomic mass is 32.2. The first-order valence-electron chi connectivity index (χ1n) is 6.61. The minimum atomic E-state index is -0.564. The van der Waals surface area contributed by atoms with Gasteiger partial charge < -0.3 is 9.72 Å². The number of nitrogens with one attached hydrogen (secondary N) is 1. The maximum Gasteiger partial charge on any atom is 0.254 e. The summed E-state index contributed by atoms with van der Waals surface area (Å²) in [6.07, 6.45) is 3.94. The molecule has 0 amide bonds. The van der Waals surface area contributed by atoms with Crippen molar-refractivity contribution in [3.63, 3.8) is 0 Å². The molecule has 21 heavy (non-hydrogen) atoms. The summed E-state index contributed by atoms with van der Waals surface area (Å²) in [5, 5.41) is 0.506. The zero-order valence-electron chi connectivity index (χ0n) is 11.5. The van der Waals surface area contributed by atoms with E-state index in [1.807, 2.05) is 0 Å². The summed E-state index contributed by atoms with van der Waals surface area (Å²) >= 11 is 1.27. The van der Waals surface area contributed by atoms with Crippen LogP contribution in [0.1, 0.15) is 23.2 Å². The number of methoxy groups -OCH3 is 1. The third-order valence-electron chi connectivity index (χ3n) is 3.45. The van der Waals surface area contributed by atoms with Crippen LogP contribution in [-0.2, 0) is 18.6 Å². The fourth-order valence-corrected chi connectivity index (χ4v) is 3.28. The zero-order chi connectivity index (χ0) is 14.8. The lowest BCUT2D eigenvalue weighted by atomic mass is 10.3. The first kappa shape index (κ1) is 14.1. The highest BCUT2D eigenvalue weighted by Crippen LogP contribution is 2.28. The number of hydrogen-bond donors (Lipinski definition) is 1. The predicted molar refractivity (Wildman–Crippen MR) is 77.2 cm³/mol. The van der Waals surface area contributed by atoms with Crippen LogP contribution in [0.4, 0.5) is 4.39 Å². The number of ether oxygens (including phenoxy) is 1. The van der Waals surface area contributed by atoms with Crippen molar-refractivity contribution in [2.75, 3.05) is 7.11 Å². The van der Waals surface area contributed by atoms with E-state index in [1.54, 1.807) is 6.07 Å². The van der Waals surface area contributed by atoms with E-state index >= 15 is 0 Å². The Balaban J connectivity index is 1.83. The van der Waals surface area contributed by atoms with Gasteiger partial charge >= 0.3 is 0 Å². The molecule has 0 saturated carbocycles. The summed E-state index contributed by atoms with van der Waals surface area (Å²) in [7, 11) is 1.48. The van der Waals surface area contributed by atoms with Crippen LogP contribution >= 0.6 is 11.8 Å². The molecule has 0 bridgehead atoms. The van der Waals surface area contributed by atoms with Gasteiger partial charge in [-0.05, 0) is 25.3 Å². The number of hydrogen-bond acceptors (Lipinski definition) is 5. The van der Waals surface area contributed by atoms with Gasteiger partial charge in [0.2, 0.25) is 5.95 Å². The van der Waals surface area contributed by atoms with Gasteiger partial charge in [0.25, 0.3) is 5.56 Å². The highest BCUT2D eigenvalue weighted by molar-refractivity contribution is 7.98. The van der Waals surface area contributed by atoms with Gasteiger partial charge in [-0.3, -0.25) is 4.79 Å². The van der Waals surface area contributed by atoms with Gasteiger partial charge in [-0.15, -0.1) is 0 Å². The number of thioether (sulfide) groups is 1. The van der Waals surface area contributed by atoms with Gasteiger partial charge in [-0.25, -0.2) is 9.97 Å². The second-order valence-corrected chi connectivity index (χ2v) is 5.69. The smallest absolute Gasteiger partial charge is 0.254 e. The van der Waals surface area contributed by atoms with Crippen LogP contribution in [0, 0.1) is 5.95 Å². The Morgan fingerprint density at radius 1 is 1.48 bits per heavy atom.